The lowest BCUT2D eigenvalue weighted by Gasteiger charge is -2.23. The highest BCUT2D eigenvalue weighted by molar-refractivity contribution is 5.95. The molecule has 9 heteroatoms. The van der Waals surface area contributed by atoms with Crippen molar-refractivity contribution >= 4 is 22.9 Å². The van der Waals surface area contributed by atoms with Crippen molar-refractivity contribution in [2.24, 2.45) is 0 Å². The smallest absolute Gasteiger partial charge is 0.251 e. The number of hydrogen-bond acceptors (Lipinski definition) is 7. The van der Waals surface area contributed by atoms with Crippen LogP contribution in [-0.4, -0.2) is 49.2 Å². The molecule has 0 aliphatic carbocycles. The van der Waals surface area contributed by atoms with E-state index in [1.54, 1.807) is 18.3 Å². The first-order valence-corrected chi connectivity index (χ1v) is 12.8. The van der Waals surface area contributed by atoms with Crippen molar-refractivity contribution in [1.29, 1.82) is 5.26 Å². The number of amides is 2. The Bertz CT molecular complexity index is 1530. The molecule has 1 aliphatic heterocycles. The van der Waals surface area contributed by atoms with Gasteiger partial charge in [-0.3, -0.25) is 14.6 Å². The second-order valence-electron chi connectivity index (χ2n) is 9.25. The lowest BCUT2D eigenvalue weighted by molar-refractivity contribution is -0.118. The van der Waals surface area contributed by atoms with Crippen LogP contribution in [0.3, 0.4) is 0 Å². The lowest BCUT2D eigenvalue weighted by atomic mass is 10.0. The summed E-state index contributed by atoms with van der Waals surface area (Å²) in [4.78, 5) is 27.8. The van der Waals surface area contributed by atoms with Crippen LogP contribution in [0.5, 0.6) is 5.75 Å². The number of nitriles is 1. The van der Waals surface area contributed by atoms with Gasteiger partial charge in [0.25, 0.3) is 5.91 Å². The summed E-state index contributed by atoms with van der Waals surface area (Å²) in [6.07, 6.45) is 3.36. The first kappa shape index (κ1) is 25.9. The summed E-state index contributed by atoms with van der Waals surface area (Å²) in [5.74, 6) is 0.817. The predicted octanol–water partition coefficient (Wildman–Crippen LogP) is 4.46. The number of carbonyl (C=O) groups is 2. The van der Waals surface area contributed by atoms with Crippen molar-refractivity contribution in [3.63, 3.8) is 0 Å². The maximum absolute atomic E-state index is 12.4. The maximum atomic E-state index is 12.4. The largest absolute Gasteiger partial charge is 0.489 e. The lowest BCUT2D eigenvalue weighted by Crippen LogP contribution is -2.33. The average molecular weight is 525 g/mol. The minimum atomic E-state index is -0.224. The second kappa shape index (κ2) is 11.8. The molecule has 1 saturated heterocycles. The van der Waals surface area contributed by atoms with Crippen LogP contribution < -0.4 is 15.4 Å². The van der Waals surface area contributed by atoms with Crippen LogP contribution in [0.1, 0.15) is 35.7 Å². The Balaban J connectivity index is 1.35. The van der Waals surface area contributed by atoms with Crippen molar-refractivity contribution < 1.29 is 23.5 Å². The van der Waals surface area contributed by atoms with E-state index in [0.717, 1.165) is 29.5 Å². The van der Waals surface area contributed by atoms with Gasteiger partial charge in [0, 0.05) is 61.8 Å². The van der Waals surface area contributed by atoms with E-state index >= 15 is 0 Å². The molecule has 0 radical (unpaired) electrons. The van der Waals surface area contributed by atoms with Crippen LogP contribution in [0.15, 0.2) is 65.2 Å². The Morgan fingerprint density at radius 1 is 1.03 bits per heavy atom. The van der Waals surface area contributed by atoms with Gasteiger partial charge in [0.1, 0.15) is 29.2 Å². The molecular weight excluding hydrogens is 496 g/mol. The Morgan fingerprint density at radius 3 is 2.51 bits per heavy atom. The number of furan rings is 1. The first-order valence-electron chi connectivity index (χ1n) is 12.8. The monoisotopic (exact) mass is 524 g/mol. The molecule has 0 saturated carbocycles. The molecule has 198 valence electrons. The van der Waals surface area contributed by atoms with Gasteiger partial charge in [-0.15, -0.1) is 0 Å². The number of hydrogen-bond donors (Lipinski definition) is 2. The van der Waals surface area contributed by atoms with Gasteiger partial charge < -0.3 is 24.5 Å². The van der Waals surface area contributed by atoms with E-state index in [0.29, 0.717) is 60.0 Å². The number of rotatable bonds is 8. The molecule has 0 bridgehead atoms. The molecule has 2 aromatic carbocycles. The van der Waals surface area contributed by atoms with Gasteiger partial charge in [0.05, 0.1) is 18.8 Å². The molecule has 1 fully saturated rings. The summed E-state index contributed by atoms with van der Waals surface area (Å²) >= 11 is 0. The average Bonchev–Trinajstić information content (AvgIpc) is 3.41. The van der Waals surface area contributed by atoms with E-state index in [2.05, 4.69) is 21.7 Å². The molecule has 9 nitrogen and oxygen atoms in total. The number of pyridine rings is 1. The molecule has 0 unspecified atom stereocenters. The highest BCUT2D eigenvalue weighted by Crippen LogP contribution is 2.35. The quantitative estimate of drug-likeness (QED) is 0.326. The molecule has 2 aromatic heterocycles. The van der Waals surface area contributed by atoms with Crippen molar-refractivity contribution in [1.82, 2.24) is 15.6 Å². The third kappa shape index (κ3) is 6.08. The zero-order chi connectivity index (χ0) is 27.2. The van der Waals surface area contributed by atoms with Crippen LogP contribution in [0.4, 0.5) is 0 Å². The summed E-state index contributed by atoms with van der Waals surface area (Å²) in [6.45, 7) is 3.47. The van der Waals surface area contributed by atoms with Gasteiger partial charge in [-0.05, 0) is 35.9 Å². The molecule has 0 atom stereocenters. The molecule has 3 heterocycles. The van der Waals surface area contributed by atoms with Crippen LogP contribution >= 0.6 is 0 Å². The second-order valence-corrected chi connectivity index (χ2v) is 9.25. The van der Waals surface area contributed by atoms with Gasteiger partial charge in [-0.25, -0.2) is 0 Å². The third-order valence-corrected chi connectivity index (χ3v) is 6.50. The molecule has 0 spiro atoms. The minimum Gasteiger partial charge on any atom is -0.489 e. The Kier molecular flexibility index (Phi) is 7.85. The summed E-state index contributed by atoms with van der Waals surface area (Å²) in [6, 6.07) is 18.6. The molecule has 4 aromatic rings. The highest BCUT2D eigenvalue weighted by atomic mass is 16.5. The Hall–Kier alpha value is -4.68. The van der Waals surface area contributed by atoms with Crippen molar-refractivity contribution in [2.45, 2.75) is 25.9 Å². The highest BCUT2D eigenvalue weighted by Gasteiger charge is 2.19. The van der Waals surface area contributed by atoms with Crippen LogP contribution in [0, 0.1) is 11.3 Å². The maximum Gasteiger partial charge on any atom is 0.251 e. The van der Waals surface area contributed by atoms with E-state index in [9.17, 15) is 14.9 Å². The molecular formula is C30H28N4O5. The number of benzene rings is 2. The van der Waals surface area contributed by atoms with Gasteiger partial charge in [0.15, 0.2) is 5.58 Å². The van der Waals surface area contributed by atoms with Crippen LogP contribution in [-0.2, 0) is 9.53 Å². The molecule has 5 rings (SSSR count). The van der Waals surface area contributed by atoms with E-state index in [-0.39, 0.29) is 17.9 Å². The van der Waals surface area contributed by atoms with Crippen molar-refractivity contribution in [3.05, 3.63) is 71.9 Å². The molecule has 2 N–H and O–H groups in total. The Labute approximate surface area is 225 Å². The number of aromatic nitrogens is 1. The third-order valence-electron chi connectivity index (χ3n) is 6.50. The van der Waals surface area contributed by atoms with E-state index in [1.165, 1.54) is 6.92 Å². The summed E-state index contributed by atoms with van der Waals surface area (Å²) in [5, 5.41) is 15.2. The van der Waals surface area contributed by atoms with Gasteiger partial charge >= 0.3 is 0 Å². The standard InChI is InChI=1S/C30H28N4O5/c1-19(35)32-12-13-34-30(36)21-4-2-20(3-5-21)28-17-26-29(39-28)25(8-11-33-26)22-6-7-27(23(16-22)18-31)38-24-9-14-37-15-10-24/h2-8,11,16-17,24H,9-10,12-15H2,1H3,(H,32,35)(H,34,36). The summed E-state index contributed by atoms with van der Waals surface area (Å²) < 4.78 is 17.7. The fraction of sp³-hybridized carbons (Fsp3) is 0.267. The minimum absolute atomic E-state index is 0.0400. The van der Waals surface area contributed by atoms with Crippen LogP contribution in [0.2, 0.25) is 0 Å². The van der Waals surface area contributed by atoms with Crippen molar-refractivity contribution in [3.8, 4) is 34.3 Å². The van der Waals surface area contributed by atoms with Gasteiger partial charge in [0.2, 0.25) is 5.91 Å². The topological polar surface area (TPSA) is 126 Å². The van der Waals surface area contributed by atoms with E-state index < -0.39 is 0 Å². The molecule has 1 aliphatic rings. The van der Waals surface area contributed by atoms with Crippen LogP contribution in [0.25, 0.3) is 33.6 Å². The zero-order valence-corrected chi connectivity index (χ0v) is 21.5. The first-order chi connectivity index (χ1) is 19.0. The van der Waals surface area contributed by atoms with E-state index in [4.69, 9.17) is 13.9 Å². The fourth-order valence-electron chi connectivity index (χ4n) is 4.47. The van der Waals surface area contributed by atoms with E-state index in [1.807, 2.05) is 42.5 Å². The molecule has 39 heavy (non-hydrogen) atoms. The SMILES string of the molecule is CC(=O)NCCNC(=O)c1ccc(-c2cc3nccc(-c4ccc(OC5CCOCC5)c(C#N)c4)c3o2)cc1. The summed E-state index contributed by atoms with van der Waals surface area (Å²) in [5.41, 5.74) is 4.69. The number of ether oxygens (including phenoxy) is 2. The predicted molar refractivity (Wildman–Crippen MR) is 145 cm³/mol. The summed E-state index contributed by atoms with van der Waals surface area (Å²) in [7, 11) is 0. The Morgan fingerprint density at radius 2 is 1.77 bits per heavy atom. The van der Waals surface area contributed by atoms with Crippen molar-refractivity contribution in [2.75, 3.05) is 26.3 Å². The normalized spacial score (nSPS) is 13.5. The van der Waals surface area contributed by atoms with Gasteiger partial charge in [-0.2, -0.15) is 5.26 Å². The fourth-order valence-corrected chi connectivity index (χ4v) is 4.47. The number of carbonyl (C=O) groups excluding carboxylic acids is 2. The van der Waals surface area contributed by atoms with Gasteiger partial charge in [-0.1, -0.05) is 18.2 Å². The number of nitrogens with zero attached hydrogens (tertiary/aromatic N) is 2. The zero-order valence-electron chi connectivity index (χ0n) is 21.5. The number of fused-ring (bicyclic) bond motifs is 1. The molecule has 2 amide bonds. The number of nitrogens with one attached hydrogen (secondary N) is 2.